The summed E-state index contributed by atoms with van der Waals surface area (Å²) in [6.07, 6.45) is 0.843. The number of nitrogens with two attached hydrogens (primary N) is 1. The lowest BCUT2D eigenvalue weighted by Gasteiger charge is -2.25. The molecule has 1 atom stereocenters. The number of hydrogen-bond donors (Lipinski definition) is 1. The SMILES string of the molecule is Cc1ccc(Cl)c2c1OCC[C@H]2N.Cl. The quantitative estimate of drug-likeness (QED) is 0.749. The zero-order valence-electron chi connectivity index (χ0n) is 7.92. The van der Waals surface area contributed by atoms with Crippen LogP contribution in [0.25, 0.3) is 0 Å². The summed E-state index contributed by atoms with van der Waals surface area (Å²) in [4.78, 5) is 0. The van der Waals surface area contributed by atoms with E-state index in [1.807, 2.05) is 19.1 Å². The van der Waals surface area contributed by atoms with Gasteiger partial charge in [-0.3, -0.25) is 0 Å². The van der Waals surface area contributed by atoms with E-state index in [-0.39, 0.29) is 18.4 Å². The molecule has 2 nitrogen and oxygen atoms in total. The van der Waals surface area contributed by atoms with Gasteiger partial charge in [-0.15, -0.1) is 12.4 Å². The maximum atomic E-state index is 6.05. The minimum absolute atomic E-state index is 0. The molecule has 0 aliphatic carbocycles. The average Bonchev–Trinajstić information content (AvgIpc) is 2.12. The number of fused-ring (bicyclic) bond motifs is 1. The van der Waals surface area contributed by atoms with Crippen molar-refractivity contribution >= 4 is 24.0 Å². The van der Waals surface area contributed by atoms with Crippen molar-refractivity contribution < 1.29 is 4.74 Å². The molecule has 2 rings (SSSR count). The Kier molecular flexibility index (Phi) is 3.65. The molecule has 0 radical (unpaired) electrons. The Bertz CT molecular complexity index is 341. The Hall–Kier alpha value is -0.440. The Morgan fingerprint density at radius 2 is 2.21 bits per heavy atom. The van der Waals surface area contributed by atoms with E-state index in [2.05, 4.69) is 0 Å². The first-order valence-corrected chi connectivity index (χ1v) is 4.75. The molecule has 4 heteroatoms. The van der Waals surface area contributed by atoms with Crippen LogP contribution in [-0.2, 0) is 0 Å². The van der Waals surface area contributed by atoms with Gasteiger partial charge in [0.15, 0.2) is 0 Å². The van der Waals surface area contributed by atoms with Gasteiger partial charge in [0.2, 0.25) is 0 Å². The van der Waals surface area contributed by atoms with Crippen molar-refractivity contribution in [2.75, 3.05) is 6.61 Å². The highest BCUT2D eigenvalue weighted by molar-refractivity contribution is 6.31. The van der Waals surface area contributed by atoms with Crippen LogP contribution >= 0.6 is 24.0 Å². The summed E-state index contributed by atoms with van der Waals surface area (Å²) in [5.74, 6) is 0.881. The van der Waals surface area contributed by atoms with Gasteiger partial charge >= 0.3 is 0 Å². The molecule has 1 aromatic rings. The molecule has 78 valence electrons. The second-order valence-electron chi connectivity index (χ2n) is 3.35. The first-order valence-electron chi connectivity index (χ1n) is 4.37. The molecule has 0 aromatic heterocycles. The normalized spacial score (nSPS) is 19.2. The zero-order valence-corrected chi connectivity index (χ0v) is 9.49. The third-order valence-electron chi connectivity index (χ3n) is 2.39. The minimum atomic E-state index is 0. The Morgan fingerprint density at radius 1 is 1.50 bits per heavy atom. The van der Waals surface area contributed by atoms with Crippen molar-refractivity contribution in [2.24, 2.45) is 5.73 Å². The largest absolute Gasteiger partial charge is 0.493 e. The number of benzene rings is 1. The number of halogens is 2. The molecule has 14 heavy (non-hydrogen) atoms. The molecule has 0 fully saturated rings. The van der Waals surface area contributed by atoms with Crippen LogP contribution in [0.3, 0.4) is 0 Å². The first-order chi connectivity index (χ1) is 6.20. The van der Waals surface area contributed by atoms with Crippen LogP contribution in [0.2, 0.25) is 5.02 Å². The van der Waals surface area contributed by atoms with Gasteiger partial charge in [-0.1, -0.05) is 17.7 Å². The molecule has 0 spiro atoms. The van der Waals surface area contributed by atoms with E-state index >= 15 is 0 Å². The predicted molar refractivity (Wildman–Crippen MR) is 60.5 cm³/mol. The third-order valence-corrected chi connectivity index (χ3v) is 2.72. The maximum absolute atomic E-state index is 6.05. The van der Waals surface area contributed by atoms with Gasteiger partial charge < -0.3 is 10.5 Å². The van der Waals surface area contributed by atoms with Crippen LogP contribution in [0, 0.1) is 6.92 Å². The maximum Gasteiger partial charge on any atom is 0.128 e. The number of aryl methyl sites for hydroxylation is 1. The van der Waals surface area contributed by atoms with Crippen molar-refractivity contribution in [3.05, 3.63) is 28.3 Å². The Morgan fingerprint density at radius 3 is 2.86 bits per heavy atom. The van der Waals surface area contributed by atoms with Crippen LogP contribution < -0.4 is 10.5 Å². The monoisotopic (exact) mass is 233 g/mol. The summed E-state index contributed by atoms with van der Waals surface area (Å²) in [7, 11) is 0. The van der Waals surface area contributed by atoms with E-state index in [0.717, 1.165) is 23.3 Å². The predicted octanol–water partition coefficient (Wildman–Crippen LogP) is 2.85. The second-order valence-corrected chi connectivity index (χ2v) is 3.76. The lowest BCUT2D eigenvalue weighted by Crippen LogP contribution is -2.21. The van der Waals surface area contributed by atoms with Gasteiger partial charge in [0.1, 0.15) is 5.75 Å². The summed E-state index contributed by atoms with van der Waals surface area (Å²) >= 11 is 6.05. The summed E-state index contributed by atoms with van der Waals surface area (Å²) in [6.45, 7) is 2.70. The van der Waals surface area contributed by atoms with Gasteiger partial charge in [0.25, 0.3) is 0 Å². The van der Waals surface area contributed by atoms with Crippen LogP contribution in [0.15, 0.2) is 12.1 Å². The highest BCUT2D eigenvalue weighted by Crippen LogP contribution is 2.38. The molecule has 2 N–H and O–H groups in total. The van der Waals surface area contributed by atoms with E-state index in [0.29, 0.717) is 11.6 Å². The standard InChI is InChI=1S/C10H12ClNO.ClH/c1-6-2-3-7(11)9-8(12)4-5-13-10(6)9;/h2-3,8H,4-5,12H2,1H3;1H/t8-;/m1./s1. The fourth-order valence-electron chi connectivity index (χ4n) is 1.65. The molecule has 0 unspecified atom stereocenters. The lowest BCUT2D eigenvalue weighted by molar-refractivity contribution is 0.267. The van der Waals surface area contributed by atoms with E-state index < -0.39 is 0 Å². The van der Waals surface area contributed by atoms with Crippen molar-refractivity contribution in [3.63, 3.8) is 0 Å². The van der Waals surface area contributed by atoms with Crippen LogP contribution in [0.5, 0.6) is 5.75 Å². The lowest BCUT2D eigenvalue weighted by atomic mass is 9.99. The van der Waals surface area contributed by atoms with Gasteiger partial charge in [-0.2, -0.15) is 0 Å². The molecular weight excluding hydrogens is 221 g/mol. The minimum Gasteiger partial charge on any atom is -0.493 e. The number of hydrogen-bond acceptors (Lipinski definition) is 2. The molecule has 0 saturated heterocycles. The van der Waals surface area contributed by atoms with Crippen molar-refractivity contribution in [1.29, 1.82) is 0 Å². The highest BCUT2D eigenvalue weighted by Gasteiger charge is 2.22. The van der Waals surface area contributed by atoms with E-state index in [4.69, 9.17) is 22.1 Å². The topological polar surface area (TPSA) is 35.2 Å². The molecular formula is C10H13Cl2NO. The molecule has 0 amide bonds. The van der Waals surface area contributed by atoms with Gasteiger partial charge in [0, 0.05) is 23.0 Å². The number of rotatable bonds is 0. The van der Waals surface area contributed by atoms with E-state index in [1.54, 1.807) is 0 Å². The van der Waals surface area contributed by atoms with Crippen molar-refractivity contribution in [3.8, 4) is 5.75 Å². The second kappa shape index (κ2) is 4.39. The third kappa shape index (κ3) is 1.83. The molecule has 0 bridgehead atoms. The van der Waals surface area contributed by atoms with Gasteiger partial charge in [-0.25, -0.2) is 0 Å². The van der Waals surface area contributed by atoms with Crippen LogP contribution in [0.1, 0.15) is 23.6 Å². The fraction of sp³-hybridized carbons (Fsp3) is 0.400. The smallest absolute Gasteiger partial charge is 0.128 e. The molecule has 1 aliphatic rings. The molecule has 0 saturated carbocycles. The zero-order chi connectivity index (χ0) is 9.42. The fourth-order valence-corrected chi connectivity index (χ4v) is 1.94. The summed E-state index contributed by atoms with van der Waals surface area (Å²) < 4.78 is 5.54. The van der Waals surface area contributed by atoms with Crippen molar-refractivity contribution in [1.82, 2.24) is 0 Å². The van der Waals surface area contributed by atoms with Gasteiger partial charge in [0.05, 0.1) is 6.61 Å². The van der Waals surface area contributed by atoms with E-state index in [1.165, 1.54) is 0 Å². The Labute approximate surface area is 94.8 Å². The average molecular weight is 234 g/mol. The highest BCUT2D eigenvalue weighted by atomic mass is 35.5. The van der Waals surface area contributed by atoms with E-state index in [9.17, 15) is 0 Å². The van der Waals surface area contributed by atoms with Crippen molar-refractivity contribution in [2.45, 2.75) is 19.4 Å². The first kappa shape index (κ1) is 11.6. The van der Waals surface area contributed by atoms with Crippen LogP contribution in [-0.4, -0.2) is 6.61 Å². The molecule has 1 aromatic carbocycles. The summed E-state index contributed by atoms with van der Waals surface area (Å²) in [5, 5.41) is 0.716. The van der Waals surface area contributed by atoms with Gasteiger partial charge in [-0.05, 0) is 18.6 Å². The molecule has 1 heterocycles. The molecule has 1 aliphatic heterocycles. The summed E-state index contributed by atoms with van der Waals surface area (Å²) in [5.41, 5.74) is 8.02. The Balaban J connectivity index is 0.000000980. The van der Waals surface area contributed by atoms with Crippen LogP contribution in [0.4, 0.5) is 0 Å². The number of ether oxygens (including phenoxy) is 1. The summed E-state index contributed by atoms with van der Waals surface area (Å²) in [6, 6.07) is 3.86.